The number of nitrogens with one attached hydrogen (secondary N) is 1. The highest BCUT2D eigenvalue weighted by molar-refractivity contribution is 7.16. The summed E-state index contributed by atoms with van der Waals surface area (Å²) >= 11 is 1.32. The van der Waals surface area contributed by atoms with Gasteiger partial charge in [0.2, 0.25) is 5.91 Å². The van der Waals surface area contributed by atoms with E-state index in [0.29, 0.717) is 23.7 Å². The summed E-state index contributed by atoms with van der Waals surface area (Å²) in [6, 6.07) is 9.64. The van der Waals surface area contributed by atoms with Crippen molar-refractivity contribution < 1.29 is 19.1 Å². The number of carbonyl (C=O) groups excluding carboxylic acids is 3. The SMILES string of the molecule is CCN(Cc1ccccc1)C(=O)COC(=O)c1c(NC(C)=O)sc(C)c1C. The van der Waals surface area contributed by atoms with Crippen LogP contribution in [0.2, 0.25) is 0 Å². The van der Waals surface area contributed by atoms with Crippen molar-refractivity contribution >= 4 is 34.1 Å². The molecule has 6 nitrogen and oxygen atoms in total. The molecule has 0 bridgehead atoms. The predicted molar refractivity (Wildman–Crippen MR) is 106 cm³/mol. The van der Waals surface area contributed by atoms with E-state index >= 15 is 0 Å². The van der Waals surface area contributed by atoms with Crippen molar-refractivity contribution in [2.24, 2.45) is 0 Å². The molecule has 1 heterocycles. The van der Waals surface area contributed by atoms with Crippen LogP contribution < -0.4 is 5.32 Å². The van der Waals surface area contributed by atoms with E-state index in [9.17, 15) is 14.4 Å². The molecule has 0 aliphatic carbocycles. The minimum absolute atomic E-state index is 0.263. The molecule has 1 N–H and O–H groups in total. The Balaban J connectivity index is 2.04. The number of amides is 2. The lowest BCUT2D eigenvalue weighted by atomic mass is 10.1. The second kappa shape index (κ2) is 9.32. The molecule has 1 aromatic carbocycles. The van der Waals surface area contributed by atoms with Crippen LogP contribution in [0.5, 0.6) is 0 Å². The highest BCUT2D eigenvalue weighted by Crippen LogP contribution is 2.33. The fourth-order valence-corrected chi connectivity index (χ4v) is 3.69. The Kier molecular flexibility index (Phi) is 7.12. The lowest BCUT2D eigenvalue weighted by Gasteiger charge is -2.21. The average Bonchev–Trinajstić information content (AvgIpc) is 2.91. The van der Waals surface area contributed by atoms with Crippen LogP contribution in [0, 0.1) is 13.8 Å². The number of anilines is 1. The summed E-state index contributed by atoms with van der Waals surface area (Å²) in [6.07, 6.45) is 0. The second-order valence-electron chi connectivity index (χ2n) is 6.14. The van der Waals surface area contributed by atoms with E-state index in [0.717, 1.165) is 16.0 Å². The van der Waals surface area contributed by atoms with Crippen LogP contribution in [-0.4, -0.2) is 35.8 Å². The van der Waals surface area contributed by atoms with Crippen molar-refractivity contribution in [3.63, 3.8) is 0 Å². The van der Waals surface area contributed by atoms with Crippen LogP contribution in [0.15, 0.2) is 30.3 Å². The molecule has 0 radical (unpaired) electrons. The molecule has 0 atom stereocenters. The quantitative estimate of drug-likeness (QED) is 0.736. The summed E-state index contributed by atoms with van der Waals surface area (Å²) in [4.78, 5) is 38.9. The Morgan fingerprint density at radius 1 is 1.15 bits per heavy atom. The minimum atomic E-state index is -0.607. The lowest BCUT2D eigenvalue weighted by molar-refractivity contribution is -0.135. The van der Waals surface area contributed by atoms with Gasteiger partial charge in [0.15, 0.2) is 6.61 Å². The van der Waals surface area contributed by atoms with Gasteiger partial charge in [-0.05, 0) is 31.9 Å². The van der Waals surface area contributed by atoms with Crippen LogP contribution in [0.3, 0.4) is 0 Å². The fraction of sp³-hybridized carbons (Fsp3) is 0.350. The van der Waals surface area contributed by atoms with E-state index < -0.39 is 5.97 Å². The first-order chi connectivity index (χ1) is 12.8. The monoisotopic (exact) mass is 388 g/mol. The van der Waals surface area contributed by atoms with Crippen molar-refractivity contribution in [3.8, 4) is 0 Å². The van der Waals surface area contributed by atoms with Crippen LogP contribution in [-0.2, 0) is 20.9 Å². The molecule has 2 aromatic rings. The topological polar surface area (TPSA) is 75.7 Å². The number of ether oxygens (including phenoxy) is 1. The number of hydrogen-bond acceptors (Lipinski definition) is 5. The van der Waals surface area contributed by atoms with Gasteiger partial charge < -0.3 is 15.0 Å². The number of rotatable bonds is 7. The molecule has 144 valence electrons. The van der Waals surface area contributed by atoms with Gasteiger partial charge in [0.25, 0.3) is 5.91 Å². The maximum absolute atomic E-state index is 12.5. The van der Waals surface area contributed by atoms with Crippen molar-refractivity contribution in [1.82, 2.24) is 4.90 Å². The Hall–Kier alpha value is -2.67. The van der Waals surface area contributed by atoms with Gasteiger partial charge in [-0.25, -0.2) is 4.79 Å². The third-order valence-corrected chi connectivity index (χ3v) is 5.28. The molecule has 0 unspecified atom stereocenters. The smallest absolute Gasteiger partial charge is 0.341 e. The molecular formula is C20H24N2O4S. The minimum Gasteiger partial charge on any atom is -0.452 e. The standard InChI is InChI=1S/C20H24N2O4S/c1-5-22(11-16-9-7-6-8-10-16)17(24)12-26-20(25)18-13(2)14(3)27-19(18)21-15(4)23/h6-10H,5,11-12H2,1-4H3,(H,21,23). The van der Waals surface area contributed by atoms with Crippen LogP contribution in [0.1, 0.15) is 40.2 Å². The number of esters is 1. The first-order valence-corrected chi connectivity index (χ1v) is 9.51. The number of hydrogen-bond donors (Lipinski definition) is 1. The maximum atomic E-state index is 12.5. The van der Waals surface area contributed by atoms with Crippen LogP contribution >= 0.6 is 11.3 Å². The Morgan fingerprint density at radius 3 is 2.41 bits per heavy atom. The fourth-order valence-electron chi connectivity index (χ4n) is 2.59. The summed E-state index contributed by atoms with van der Waals surface area (Å²) in [6.45, 7) is 7.55. The number of nitrogens with zero attached hydrogens (tertiary/aromatic N) is 1. The highest BCUT2D eigenvalue weighted by atomic mass is 32.1. The number of thiophene rings is 1. The molecule has 0 aliphatic heterocycles. The molecular weight excluding hydrogens is 364 g/mol. The van der Waals surface area contributed by atoms with Gasteiger partial charge in [-0.15, -0.1) is 11.3 Å². The largest absolute Gasteiger partial charge is 0.452 e. The zero-order valence-corrected chi connectivity index (χ0v) is 16.8. The predicted octanol–water partition coefficient (Wildman–Crippen LogP) is 3.53. The molecule has 0 fully saturated rings. The molecule has 7 heteroatoms. The van der Waals surface area contributed by atoms with E-state index in [1.54, 1.807) is 11.8 Å². The van der Waals surface area contributed by atoms with Crippen LogP contribution in [0.25, 0.3) is 0 Å². The summed E-state index contributed by atoms with van der Waals surface area (Å²) < 4.78 is 5.25. The average molecular weight is 388 g/mol. The van der Waals surface area contributed by atoms with Gasteiger partial charge in [0.05, 0.1) is 5.56 Å². The molecule has 0 spiro atoms. The van der Waals surface area contributed by atoms with Crippen molar-refractivity contribution in [3.05, 3.63) is 51.9 Å². The summed E-state index contributed by atoms with van der Waals surface area (Å²) in [7, 11) is 0. The van der Waals surface area contributed by atoms with Gasteiger partial charge in [-0.1, -0.05) is 30.3 Å². The van der Waals surface area contributed by atoms with E-state index in [-0.39, 0.29) is 18.4 Å². The Labute approximate surface area is 163 Å². The van der Waals surface area contributed by atoms with E-state index in [4.69, 9.17) is 4.74 Å². The molecule has 0 saturated carbocycles. The van der Waals surface area contributed by atoms with Gasteiger partial charge >= 0.3 is 5.97 Å². The van der Waals surface area contributed by atoms with Gasteiger partial charge in [-0.2, -0.15) is 0 Å². The first-order valence-electron chi connectivity index (χ1n) is 8.69. The zero-order chi connectivity index (χ0) is 20.0. The van der Waals surface area contributed by atoms with Crippen LogP contribution in [0.4, 0.5) is 5.00 Å². The molecule has 0 aliphatic rings. The third-order valence-electron chi connectivity index (χ3n) is 4.16. The number of aryl methyl sites for hydroxylation is 1. The molecule has 0 saturated heterocycles. The van der Waals surface area contributed by atoms with Crippen molar-refractivity contribution in [1.29, 1.82) is 0 Å². The van der Waals surface area contributed by atoms with Crippen molar-refractivity contribution in [2.45, 2.75) is 34.2 Å². The molecule has 27 heavy (non-hydrogen) atoms. The molecule has 2 amide bonds. The lowest BCUT2D eigenvalue weighted by Crippen LogP contribution is -2.34. The number of likely N-dealkylation sites (N-methyl/N-ethyl adjacent to an activating group) is 1. The third kappa shape index (κ3) is 5.40. The Morgan fingerprint density at radius 2 is 1.81 bits per heavy atom. The van der Waals surface area contributed by atoms with E-state index in [1.165, 1.54) is 18.3 Å². The molecule has 1 aromatic heterocycles. The first kappa shape index (κ1) is 20.6. The summed E-state index contributed by atoms with van der Waals surface area (Å²) in [5.74, 6) is -1.13. The van der Waals surface area contributed by atoms with Gasteiger partial charge in [0, 0.05) is 24.9 Å². The highest BCUT2D eigenvalue weighted by Gasteiger charge is 2.23. The second-order valence-corrected chi connectivity index (χ2v) is 7.36. The number of benzene rings is 1. The number of carbonyl (C=O) groups is 3. The van der Waals surface area contributed by atoms with E-state index in [1.807, 2.05) is 44.2 Å². The van der Waals surface area contributed by atoms with Gasteiger partial charge in [-0.3, -0.25) is 9.59 Å². The summed E-state index contributed by atoms with van der Waals surface area (Å²) in [5, 5.41) is 3.10. The summed E-state index contributed by atoms with van der Waals surface area (Å²) in [5.41, 5.74) is 2.07. The van der Waals surface area contributed by atoms with E-state index in [2.05, 4.69) is 5.32 Å². The normalized spacial score (nSPS) is 10.4. The Bertz CT molecular complexity index is 830. The van der Waals surface area contributed by atoms with Crippen molar-refractivity contribution in [2.75, 3.05) is 18.5 Å². The molecule has 2 rings (SSSR count). The zero-order valence-electron chi connectivity index (χ0n) is 16.0. The van der Waals surface area contributed by atoms with Gasteiger partial charge in [0.1, 0.15) is 5.00 Å². The maximum Gasteiger partial charge on any atom is 0.341 e.